The van der Waals surface area contributed by atoms with E-state index in [1.165, 1.54) is 6.33 Å². The molecule has 1 aromatic heterocycles. The molecule has 3 rings (SSSR count). The summed E-state index contributed by atoms with van der Waals surface area (Å²) in [7, 11) is 3.26. The lowest BCUT2D eigenvalue weighted by Crippen LogP contribution is -2.09. The van der Waals surface area contributed by atoms with Crippen LogP contribution in [-0.2, 0) is 9.47 Å². The molecule has 0 radical (unpaired) electrons. The standard InChI is InChI=1S/C22H25N3O4.ClH/c1-4-16-6-5-7-17(12-16)25-22-18-13-20(28-10-8-26-2)21(29-11-9-27-3)14-19(18)23-15-24-22;/h4-7,12-15H,1,8-11H2,2-3H3,(H,23,24,25);1H. The van der Waals surface area contributed by atoms with Gasteiger partial charge in [0.05, 0.1) is 18.7 Å². The minimum atomic E-state index is 0. The fourth-order valence-corrected chi connectivity index (χ4v) is 2.74. The number of rotatable bonds is 11. The van der Waals surface area contributed by atoms with Crippen molar-refractivity contribution < 1.29 is 18.9 Å². The third-order valence-corrected chi connectivity index (χ3v) is 4.18. The quantitative estimate of drug-likeness (QED) is 0.448. The van der Waals surface area contributed by atoms with Crippen molar-refractivity contribution in [2.24, 2.45) is 0 Å². The van der Waals surface area contributed by atoms with Crippen LogP contribution in [0.1, 0.15) is 5.56 Å². The van der Waals surface area contributed by atoms with Gasteiger partial charge in [0.25, 0.3) is 0 Å². The largest absolute Gasteiger partial charge is 0.487 e. The predicted molar refractivity (Wildman–Crippen MR) is 121 cm³/mol. The van der Waals surface area contributed by atoms with E-state index in [-0.39, 0.29) is 12.4 Å². The van der Waals surface area contributed by atoms with E-state index in [1.54, 1.807) is 20.3 Å². The number of benzene rings is 2. The third kappa shape index (κ3) is 6.06. The summed E-state index contributed by atoms with van der Waals surface area (Å²) in [6.45, 7) is 5.58. The van der Waals surface area contributed by atoms with Gasteiger partial charge in [-0.3, -0.25) is 0 Å². The second-order valence-electron chi connectivity index (χ2n) is 6.18. The van der Waals surface area contributed by atoms with Gasteiger partial charge in [0.1, 0.15) is 25.4 Å². The Hall–Kier alpha value is -2.87. The molecular weight excluding hydrogens is 406 g/mol. The van der Waals surface area contributed by atoms with Crippen LogP contribution in [0.2, 0.25) is 0 Å². The number of nitrogens with zero attached hydrogens (tertiary/aromatic N) is 2. The third-order valence-electron chi connectivity index (χ3n) is 4.18. The van der Waals surface area contributed by atoms with Crippen molar-refractivity contribution in [1.82, 2.24) is 9.97 Å². The van der Waals surface area contributed by atoms with Crippen LogP contribution in [0, 0.1) is 0 Å². The smallest absolute Gasteiger partial charge is 0.163 e. The van der Waals surface area contributed by atoms with E-state index in [9.17, 15) is 0 Å². The van der Waals surface area contributed by atoms with Gasteiger partial charge in [-0.05, 0) is 23.8 Å². The van der Waals surface area contributed by atoms with Crippen LogP contribution in [0.3, 0.4) is 0 Å². The second-order valence-corrected chi connectivity index (χ2v) is 6.18. The minimum Gasteiger partial charge on any atom is -0.487 e. The molecule has 0 amide bonds. The average Bonchev–Trinajstić information content (AvgIpc) is 2.75. The molecule has 3 aromatic rings. The van der Waals surface area contributed by atoms with Gasteiger partial charge in [0.15, 0.2) is 11.5 Å². The Kier molecular flexibility index (Phi) is 9.34. The van der Waals surface area contributed by atoms with Crippen molar-refractivity contribution in [3.8, 4) is 11.5 Å². The van der Waals surface area contributed by atoms with E-state index in [0.29, 0.717) is 43.7 Å². The second kappa shape index (κ2) is 12.0. The first-order valence-electron chi connectivity index (χ1n) is 9.27. The summed E-state index contributed by atoms with van der Waals surface area (Å²) in [4.78, 5) is 8.80. The monoisotopic (exact) mass is 431 g/mol. The van der Waals surface area contributed by atoms with Gasteiger partial charge < -0.3 is 24.3 Å². The normalized spacial score (nSPS) is 10.3. The zero-order valence-electron chi connectivity index (χ0n) is 17.1. The van der Waals surface area contributed by atoms with Crippen molar-refractivity contribution >= 4 is 40.9 Å². The summed E-state index contributed by atoms with van der Waals surface area (Å²) < 4.78 is 21.8. The van der Waals surface area contributed by atoms with Gasteiger partial charge in [-0.15, -0.1) is 12.4 Å². The molecule has 2 aromatic carbocycles. The molecule has 7 nitrogen and oxygen atoms in total. The Morgan fingerprint density at radius 3 is 2.30 bits per heavy atom. The lowest BCUT2D eigenvalue weighted by molar-refractivity contribution is 0.132. The van der Waals surface area contributed by atoms with Crippen LogP contribution in [0.25, 0.3) is 17.0 Å². The number of halogens is 1. The Morgan fingerprint density at radius 2 is 1.63 bits per heavy atom. The average molecular weight is 432 g/mol. The molecule has 0 aliphatic carbocycles. The Labute approximate surface area is 182 Å². The molecule has 0 aliphatic heterocycles. The zero-order chi connectivity index (χ0) is 20.5. The number of hydrogen-bond acceptors (Lipinski definition) is 7. The van der Waals surface area contributed by atoms with E-state index in [2.05, 4.69) is 21.9 Å². The number of ether oxygens (including phenoxy) is 4. The maximum absolute atomic E-state index is 5.87. The predicted octanol–water partition coefficient (Wildman–Crippen LogP) is 4.49. The highest BCUT2D eigenvalue weighted by Crippen LogP contribution is 2.35. The van der Waals surface area contributed by atoms with Crippen LogP contribution < -0.4 is 14.8 Å². The molecule has 0 fully saturated rings. The molecule has 0 saturated carbocycles. The summed E-state index contributed by atoms with van der Waals surface area (Å²) in [5, 5.41) is 4.17. The van der Waals surface area contributed by atoms with Crippen molar-refractivity contribution in [3.63, 3.8) is 0 Å². The van der Waals surface area contributed by atoms with Gasteiger partial charge >= 0.3 is 0 Å². The fraction of sp³-hybridized carbons (Fsp3) is 0.273. The van der Waals surface area contributed by atoms with Crippen molar-refractivity contribution in [2.45, 2.75) is 0 Å². The first-order valence-corrected chi connectivity index (χ1v) is 9.27. The van der Waals surface area contributed by atoms with Crippen LogP contribution in [0.15, 0.2) is 49.3 Å². The Balaban J connectivity index is 0.00000320. The molecular formula is C22H26ClN3O4. The number of hydrogen-bond donors (Lipinski definition) is 1. The number of fused-ring (bicyclic) bond motifs is 1. The summed E-state index contributed by atoms with van der Waals surface area (Å²) >= 11 is 0. The number of nitrogens with one attached hydrogen (secondary N) is 1. The molecule has 30 heavy (non-hydrogen) atoms. The van der Waals surface area contributed by atoms with Gasteiger partial charge in [0, 0.05) is 31.4 Å². The highest BCUT2D eigenvalue weighted by Gasteiger charge is 2.13. The minimum absolute atomic E-state index is 0. The van der Waals surface area contributed by atoms with Gasteiger partial charge in [-0.25, -0.2) is 9.97 Å². The molecule has 0 bridgehead atoms. The van der Waals surface area contributed by atoms with Gasteiger partial charge in [-0.2, -0.15) is 0 Å². The Morgan fingerprint density at radius 1 is 0.933 bits per heavy atom. The molecule has 0 unspecified atom stereocenters. The molecule has 8 heteroatoms. The van der Waals surface area contributed by atoms with E-state index in [1.807, 2.05) is 36.4 Å². The molecule has 0 saturated heterocycles. The van der Waals surface area contributed by atoms with Gasteiger partial charge in [-0.1, -0.05) is 24.8 Å². The van der Waals surface area contributed by atoms with E-state index in [0.717, 1.165) is 22.2 Å². The summed E-state index contributed by atoms with van der Waals surface area (Å²) in [5.74, 6) is 1.88. The molecule has 0 aliphatic rings. The van der Waals surface area contributed by atoms with Crippen molar-refractivity contribution in [2.75, 3.05) is 46.0 Å². The number of anilines is 2. The summed E-state index contributed by atoms with van der Waals surface area (Å²) in [5.41, 5.74) is 2.67. The van der Waals surface area contributed by atoms with E-state index in [4.69, 9.17) is 18.9 Å². The summed E-state index contributed by atoms with van der Waals surface area (Å²) in [6, 6.07) is 11.6. The topological polar surface area (TPSA) is 74.7 Å². The summed E-state index contributed by atoms with van der Waals surface area (Å²) in [6.07, 6.45) is 3.32. The Bertz CT molecular complexity index is 968. The van der Waals surface area contributed by atoms with Crippen LogP contribution in [0.5, 0.6) is 11.5 Å². The molecule has 0 spiro atoms. The molecule has 0 atom stereocenters. The number of aromatic nitrogens is 2. The van der Waals surface area contributed by atoms with Crippen molar-refractivity contribution in [1.29, 1.82) is 0 Å². The lowest BCUT2D eigenvalue weighted by atomic mass is 10.1. The number of methoxy groups -OCH3 is 2. The zero-order valence-corrected chi connectivity index (χ0v) is 17.9. The van der Waals surface area contributed by atoms with Crippen LogP contribution in [0.4, 0.5) is 11.5 Å². The van der Waals surface area contributed by atoms with Crippen LogP contribution >= 0.6 is 12.4 Å². The molecule has 1 N–H and O–H groups in total. The molecule has 160 valence electrons. The highest BCUT2D eigenvalue weighted by molar-refractivity contribution is 5.93. The first kappa shape index (κ1) is 23.4. The maximum atomic E-state index is 5.87. The first-order chi connectivity index (χ1) is 14.2. The maximum Gasteiger partial charge on any atom is 0.163 e. The highest BCUT2D eigenvalue weighted by atomic mass is 35.5. The van der Waals surface area contributed by atoms with Gasteiger partial charge in [0.2, 0.25) is 0 Å². The van der Waals surface area contributed by atoms with Crippen LogP contribution in [-0.4, -0.2) is 50.6 Å². The fourth-order valence-electron chi connectivity index (χ4n) is 2.74. The SMILES string of the molecule is C=Cc1cccc(Nc2ncnc3cc(OCCOC)c(OCCOC)cc23)c1.Cl. The van der Waals surface area contributed by atoms with E-state index >= 15 is 0 Å². The van der Waals surface area contributed by atoms with Crippen molar-refractivity contribution in [3.05, 3.63) is 54.9 Å². The lowest BCUT2D eigenvalue weighted by Gasteiger charge is -2.15. The van der Waals surface area contributed by atoms with E-state index < -0.39 is 0 Å². The molecule has 1 heterocycles.